The number of ketones is 2. The highest BCUT2D eigenvalue weighted by molar-refractivity contribution is 5.90. The molecule has 0 aliphatic rings. The highest BCUT2D eigenvalue weighted by atomic mass is 16.5. The minimum absolute atomic E-state index is 0. The topological polar surface area (TPSA) is 95.1 Å². The van der Waals surface area contributed by atoms with Crippen molar-refractivity contribution in [1.29, 1.82) is 0 Å². The molecule has 3 N–H and O–H groups in total. The molecule has 0 aromatic carbocycles. The zero-order valence-corrected chi connectivity index (χ0v) is 11.6. The number of hydrogen-bond donors (Lipinski definition) is 1. The zero-order chi connectivity index (χ0) is 13.3. The Morgan fingerprint density at radius 3 is 2.22 bits per heavy atom. The number of ether oxygens (including phenoxy) is 1. The molecule has 2 unspecified atom stereocenters. The summed E-state index contributed by atoms with van der Waals surface area (Å²) in [5, 5.41) is 8.63. The maximum atomic E-state index is 11.9. The van der Waals surface area contributed by atoms with Crippen molar-refractivity contribution in [2.24, 2.45) is 5.92 Å². The quantitative estimate of drug-likeness (QED) is 0.592. The van der Waals surface area contributed by atoms with Crippen LogP contribution in [0.25, 0.3) is 0 Å². The van der Waals surface area contributed by atoms with E-state index < -0.39 is 6.10 Å². The average molecular weight is 262 g/mol. The molecule has 108 valence electrons. The molecule has 0 spiro atoms. The maximum Gasteiger partial charge on any atom is 0.162 e. The molecule has 18 heavy (non-hydrogen) atoms. The predicted molar refractivity (Wildman–Crippen MR) is 69.4 cm³/mol. The SMILES string of the molecule is CCC(C(C)=O)C(OC)C(=O)CCCCCO.O. The standard InChI is InChI=1S/C13H24O4.H2O/c1-4-11(10(2)15)13(17-3)12(16)8-6-5-7-9-14;/h11,13-14H,4-9H2,1-3H3;1H2. The van der Waals surface area contributed by atoms with Crippen LogP contribution in [0.15, 0.2) is 0 Å². The van der Waals surface area contributed by atoms with E-state index in [-0.39, 0.29) is 29.6 Å². The summed E-state index contributed by atoms with van der Waals surface area (Å²) in [7, 11) is 1.47. The molecule has 5 nitrogen and oxygen atoms in total. The fourth-order valence-electron chi connectivity index (χ4n) is 1.96. The molecule has 0 bridgehead atoms. The van der Waals surface area contributed by atoms with E-state index in [0.29, 0.717) is 12.8 Å². The lowest BCUT2D eigenvalue weighted by Crippen LogP contribution is -2.35. The van der Waals surface area contributed by atoms with E-state index >= 15 is 0 Å². The lowest BCUT2D eigenvalue weighted by molar-refractivity contribution is -0.139. The third kappa shape index (κ3) is 6.83. The van der Waals surface area contributed by atoms with Crippen LogP contribution in [0.4, 0.5) is 0 Å². The number of hydrogen-bond acceptors (Lipinski definition) is 4. The van der Waals surface area contributed by atoms with E-state index in [2.05, 4.69) is 0 Å². The van der Waals surface area contributed by atoms with Crippen LogP contribution < -0.4 is 0 Å². The minimum atomic E-state index is -0.605. The zero-order valence-electron chi connectivity index (χ0n) is 11.6. The molecule has 0 fully saturated rings. The summed E-state index contributed by atoms with van der Waals surface area (Å²) in [6.07, 6.45) is 2.72. The number of rotatable bonds is 10. The summed E-state index contributed by atoms with van der Waals surface area (Å²) >= 11 is 0. The van der Waals surface area contributed by atoms with Gasteiger partial charge in [-0.1, -0.05) is 13.3 Å². The van der Waals surface area contributed by atoms with Crippen LogP contribution in [0.2, 0.25) is 0 Å². The van der Waals surface area contributed by atoms with Gasteiger partial charge in [0.05, 0.1) is 5.92 Å². The van der Waals surface area contributed by atoms with Crippen molar-refractivity contribution in [2.45, 2.75) is 52.1 Å². The van der Waals surface area contributed by atoms with E-state index in [1.54, 1.807) is 0 Å². The first kappa shape index (κ1) is 19.6. The third-order valence-corrected chi connectivity index (χ3v) is 2.98. The molecule has 0 saturated heterocycles. The number of aliphatic hydroxyl groups excluding tert-OH is 1. The number of carbonyl (C=O) groups is 2. The molecule has 0 heterocycles. The van der Waals surface area contributed by atoms with Crippen molar-refractivity contribution >= 4 is 11.6 Å². The summed E-state index contributed by atoms with van der Waals surface area (Å²) in [5.74, 6) is -0.333. The second kappa shape index (κ2) is 11.3. The van der Waals surface area contributed by atoms with Crippen LogP contribution in [-0.2, 0) is 14.3 Å². The van der Waals surface area contributed by atoms with Gasteiger partial charge < -0.3 is 15.3 Å². The molecule has 0 aliphatic heterocycles. The van der Waals surface area contributed by atoms with Crippen LogP contribution >= 0.6 is 0 Å². The van der Waals surface area contributed by atoms with Gasteiger partial charge in [0.2, 0.25) is 0 Å². The van der Waals surface area contributed by atoms with Crippen molar-refractivity contribution < 1.29 is 24.9 Å². The maximum absolute atomic E-state index is 11.9. The first-order chi connectivity index (χ1) is 8.08. The normalized spacial score (nSPS) is 13.6. The Hall–Kier alpha value is -0.780. The number of carbonyl (C=O) groups excluding carboxylic acids is 2. The van der Waals surface area contributed by atoms with E-state index in [0.717, 1.165) is 19.3 Å². The van der Waals surface area contributed by atoms with Gasteiger partial charge in [-0.25, -0.2) is 0 Å². The van der Waals surface area contributed by atoms with Crippen molar-refractivity contribution in [3.05, 3.63) is 0 Å². The Labute approximate surface area is 109 Å². The van der Waals surface area contributed by atoms with Gasteiger partial charge in [0.1, 0.15) is 11.9 Å². The van der Waals surface area contributed by atoms with Gasteiger partial charge in [0.25, 0.3) is 0 Å². The van der Waals surface area contributed by atoms with Crippen LogP contribution in [0, 0.1) is 5.92 Å². The lowest BCUT2D eigenvalue weighted by atomic mass is 9.90. The number of methoxy groups -OCH3 is 1. The third-order valence-electron chi connectivity index (χ3n) is 2.98. The van der Waals surface area contributed by atoms with Crippen LogP contribution in [0.3, 0.4) is 0 Å². The molecule has 0 amide bonds. The monoisotopic (exact) mass is 262 g/mol. The second-order valence-electron chi connectivity index (χ2n) is 4.28. The van der Waals surface area contributed by atoms with Gasteiger partial charge in [0, 0.05) is 20.1 Å². The summed E-state index contributed by atoms with van der Waals surface area (Å²) < 4.78 is 5.16. The Morgan fingerprint density at radius 1 is 1.22 bits per heavy atom. The van der Waals surface area contributed by atoms with Gasteiger partial charge >= 0.3 is 0 Å². The summed E-state index contributed by atoms with van der Waals surface area (Å²) in [6, 6.07) is 0. The predicted octanol–water partition coefficient (Wildman–Crippen LogP) is 0.914. The molecule has 0 aromatic rings. The largest absolute Gasteiger partial charge is 0.412 e. The van der Waals surface area contributed by atoms with Crippen molar-refractivity contribution in [1.82, 2.24) is 0 Å². The number of unbranched alkanes of at least 4 members (excludes halogenated alkanes) is 2. The van der Waals surface area contributed by atoms with Crippen molar-refractivity contribution in [3.63, 3.8) is 0 Å². The first-order valence-electron chi connectivity index (χ1n) is 6.25. The van der Waals surface area contributed by atoms with E-state index in [9.17, 15) is 9.59 Å². The Bertz CT molecular complexity index is 240. The summed E-state index contributed by atoms with van der Waals surface area (Å²) in [5.41, 5.74) is 0. The number of Topliss-reactive ketones (excluding diaryl/α,β-unsaturated/α-hetero) is 2. The molecule has 5 heteroatoms. The van der Waals surface area contributed by atoms with E-state index in [4.69, 9.17) is 9.84 Å². The smallest absolute Gasteiger partial charge is 0.162 e. The van der Waals surface area contributed by atoms with Crippen molar-refractivity contribution in [2.75, 3.05) is 13.7 Å². The molecular weight excluding hydrogens is 236 g/mol. The Kier molecular flexibility index (Phi) is 12.3. The fourth-order valence-corrected chi connectivity index (χ4v) is 1.96. The van der Waals surface area contributed by atoms with Crippen LogP contribution in [0.5, 0.6) is 0 Å². The molecule has 0 radical (unpaired) electrons. The molecular formula is C13H26O5. The summed E-state index contributed by atoms with van der Waals surface area (Å²) in [4.78, 5) is 23.3. The molecule has 0 saturated carbocycles. The van der Waals surface area contributed by atoms with Gasteiger partial charge in [-0.2, -0.15) is 0 Å². The molecule has 2 atom stereocenters. The van der Waals surface area contributed by atoms with Gasteiger partial charge in [0.15, 0.2) is 5.78 Å². The Balaban J connectivity index is 0. The van der Waals surface area contributed by atoms with E-state index in [1.165, 1.54) is 14.0 Å². The minimum Gasteiger partial charge on any atom is -0.412 e. The molecule has 0 rings (SSSR count). The lowest BCUT2D eigenvalue weighted by Gasteiger charge is -2.21. The highest BCUT2D eigenvalue weighted by Gasteiger charge is 2.29. The van der Waals surface area contributed by atoms with Gasteiger partial charge in [-0.15, -0.1) is 0 Å². The molecule has 0 aliphatic carbocycles. The average Bonchev–Trinajstić information content (AvgIpc) is 2.30. The number of aliphatic hydroxyl groups is 1. The van der Waals surface area contributed by atoms with Crippen LogP contribution in [0.1, 0.15) is 46.0 Å². The molecule has 0 aromatic heterocycles. The first-order valence-corrected chi connectivity index (χ1v) is 6.25. The van der Waals surface area contributed by atoms with Crippen molar-refractivity contribution in [3.8, 4) is 0 Å². The van der Waals surface area contributed by atoms with Gasteiger partial charge in [-0.05, 0) is 26.2 Å². The highest BCUT2D eigenvalue weighted by Crippen LogP contribution is 2.17. The van der Waals surface area contributed by atoms with Gasteiger partial charge in [-0.3, -0.25) is 9.59 Å². The fraction of sp³-hybridized carbons (Fsp3) is 0.846. The van der Waals surface area contributed by atoms with Crippen LogP contribution in [-0.4, -0.2) is 42.0 Å². The van der Waals surface area contributed by atoms with E-state index in [1.807, 2.05) is 6.92 Å². The summed E-state index contributed by atoms with van der Waals surface area (Å²) in [6.45, 7) is 3.54. The Morgan fingerprint density at radius 2 is 1.83 bits per heavy atom. The second-order valence-corrected chi connectivity index (χ2v) is 4.28.